The molecule has 4 heteroatoms. The van der Waals surface area contributed by atoms with E-state index in [2.05, 4.69) is 18.7 Å². The Morgan fingerprint density at radius 1 is 0.750 bits per heavy atom. The summed E-state index contributed by atoms with van der Waals surface area (Å²) in [6.45, 7) is 2.26. The number of carboxylic acid groups (broad SMARTS) is 1. The molecule has 0 bridgehead atoms. The van der Waals surface area contributed by atoms with Crippen molar-refractivity contribution in [1.29, 1.82) is 0 Å². The van der Waals surface area contributed by atoms with Crippen molar-refractivity contribution in [2.75, 3.05) is 23.0 Å². The molecule has 0 saturated heterocycles. The first-order chi connectivity index (χ1) is 9.77. The fraction of sp³-hybridized carbons (Fsp3) is 0.938. The summed E-state index contributed by atoms with van der Waals surface area (Å²) in [6, 6.07) is 0. The van der Waals surface area contributed by atoms with Crippen molar-refractivity contribution in [2.45, 2.75) is 71.1 Å². The summed E-state index contributed by atoms with van der Waals surface area (Å²) in [7, 11) is 0. The van der Waals surface area contributed by atoms with Crippen LogP contribution in [0.3, 0.4) is 0 Å². The first-order valence-electron chi connectivity index (χ1n) is 8.14. The summed E-state index contributed by atoms with van der Waals surface area (Å²) < 4.78 is 0. The van der Waals surface area contributed by atoms with Gasteiger partial charge in [-0.25, -0.2) is 0 Å². The molecule has 0 aromatic carbocycles. The molecule has 0 atom stereocenters. The van der Waals surface area contributed by atoms with Gasteiger partial charge in [0.05, 0.1) is 5.75 Å². The molecule has 0 amide bonds. The van der Waals surface area contributed by atoms with E-state index in [-0.39, 0.29) is 5.75 Å². The minimum atomic E-state index is -0.693. The molecule has 0 aliphatic carbocycles. The Balaban J connectivity index is 2.94. The summed E-state index contributed by atoms with van der Waals surface area (Å²) in [5.41, 5.74) is 0. The molecule has 0 spiro atoms. The Bertz CT molecular complexity index is 211. The van der Waals surface area contributed by atoms with Crippen LogP contribution in [0.25, 0.3) is 0 Å². The molecular formula is C16H32O2S2. The number of aliphatic carboxylic acids is 1. The summed E-state index contributed by atoms with van der Waals surface area (Å²) in [4.78, 5) is 10.3. The fourth-order valence-corrected chi connectivity index (χ4v) is 3.76. The van der Waals surface area contributed by atoms with E-state index in [1.54, 1.807) is 0 Å². The van der Waals surface area contributed by atoms with Crippen molar-refractivity contribution >= 4 is 29.5 Å². The standard InChI is InChI=1S/C16H32O2S2/c1-2-3-4-5-6-9-12-19-13-10-7-8-11-14-20-15-16(17)18/h2-15H2,1H3,(H,17,18). The third-order valence-electron chi connectivity index (χ3n) is 3.20. The predicted octanol–water partition coefficient (Wildman–Crippen LogP) is 5.46. The normalized spacial score (nSPS) is 10.8. The van der Waals surface area contributed by atoms with Gasteiger partial charge >= 0.3 is 5.97 Å². The zero-order valence-electron chi connectivity index (χ0n) is 13.1. The Kier molecular flexibility index (Phi) is 17.4. The van der Waals surface area contributed by atoms with E-state index in [0.717, 1.165) is 5.75 Å². The highest BCUT2D eigenvalue weighted by Gasteiger charge is 1.97. The number of hydrogen-bond donors (Lipinski definition) is 1. The van der Waals surface area contributed by atoms with Gasteiger partial charge in [0.1, 0.15) is 0 Å². The van der Waals surface area contributed by atoms with E-state index in [9.17, 15) is 4.79 Å². The van der Waals surface area contributed by atoms with E-state index in [1.165, 1.54) is 87.5 Å². The largest absolute Gasteiger partial charge is 0.481 e. The minimum absolute atomic E-state index is 0.258. The fourth-order valence-electron chi connectivity index (χ4n) is 2.01. The molecule has 0 radical (unpaired) electrons. The number of thioether (sulfide) groups is 2. The van der Waals surface area contributed by atoms with Crippen LogP contribution in [0.15, 0.2) is 0 Å². The lowest BCUT2D eigenvalue weighted by Crippen LogP contribution is -1.98. The van der Waals surface area contributed by atoms with Crippen LogP contribution in [0.2, 0.25) is 0 Å². The summed E-state index contributed by atoms with van der Waals surface area (Å²) >= 11 is 3.65. The van der Waals surface area contributed by atoms with Gasteiger partial charge < -0.3 is 5.11 Å². The van der Waals surface area contributed by atoms with Crippen LogP contribution in [-0.4, -0.2) is 34.1 Å². The van der Waals surface area contributed by atoms with Crippen LogP contribution in [0.1, 0.15) is 71.1 Å². The molecule has 0 aliphatic heterocycles. The molecule has 0 aromatic heterocycles. The Labute approximate surface area is 133 Å². The lowest BCUT2D eigenvalue weighted by molar-refractivity contribution is -0.133. The number of carboxylic acids is 1. The molecule has 2 nitrogen and oxygen atoms in total. The third kappa shape index (κ3) is 18.2. The molecular weight excluding hydrogens is 288 g/mol. The zero-order chi connectivity index (χ0) is 14.9. The van der Waals surface area contributed by atoms with Crippen LogP contribution in [0.5, 0.6) is 0 Å². The van der Waals surface area contributed by atoms with Crippen LogP contribution >= 0.6 is 23.5 Å². The second-order valence-corrected chi connectivity index (χ2v) is 7.57. The van der Waals surface area contributed by atoms with Gasteiger partial charge in [-0.1, -0.05) is 51.9 Å². The monoisotopic (exact) mass is 320 g/mol. The maximum absolute atomic E-state index is 10.3. The van der Waals surface area contributed by atoms with Gasteiger partial charge in [-0.05, 0) is 36.5 Å². The van der Waals surface area contributed by atoms with Crippen LogP contribution in [-0.2, 0) is 4.79 Å². The Morgan fingerprint density at radius 3 is 1.70 bits per heavy atom. The van der Waals surface area contributed by atoms with Gasteiger partial charge in [0.25, 0.3) is 0 Å². The second kappa shape index (κ2) is 17.2. The van der Waals surface area contributed by atoms with E-state index in [4.69, 9.17) is 5.11 Å². The molecule has 0 aromatic rings. The SMILES string of the molecule is CCCCCCCCSCCCCCCSCC(=O)O. The van der Waals surface area contributed by atoms with Crippen molar-refractivity contribution in [2.24, 2.45) is 0 Å². The maximum atomic E-state index is 10.3. The van der Waals surface area contributed by atoms with E-state index < -0.39 is 5.97 Å². The minimum Gasteiger partial charge on any atom is -0.481 e. The van der Waals surface area contributed by atoms with E-state index in [0.29, 0.717) is 0 Å². The average Bonchev–Trinajstić information content (AvgIpc) is 2.43. The molecule has 120 valence electrons. The van der Waals surface area contributed by atoms with Crippen molar-refractivity contribution in [1.82, 2.24) is 0 Å². The Hall–Kier alpha value is 0.170. The molecule has 0 saturated carbocycles. The lowest BCUT2D eigenvalue weighted by Gasteiger charge is -2.03. The maximum Gasteiger partial charge on any atom is 0.313 e. The van der Waals surface area contributed by atoms with Gasteiger partial charge in [0, 0.05) is 0 Å². The molecule has 0 rings (SSSR count). The summed E-state index contributed by atoms with van der Waals surface area (Å²) in [5, 5.41) is 8.49. The number of hydrogen-bond acceptors (Lipinski definition) is 3. The van der Waals surface area contributed by atoms with Crippen LogP contribution in [0.4, 0.5) is 0 Å². The molecule has 0 unspecified atom stereocenters. The summed E-state index contributed by atoms with van der Waals surface area (Å²) in [6.07, 6.45) is 13.4. The smallest absolute Gasteiger partial charge is 0.313 e. The van der Waals surface area contributed by atoms with Crippen molar-refractivity contribution in [3.8, 4) is 0 Å². The highest BCUT2D eigenvalue weighted by Crippen LogP contribution is 2.13. The van der Waals surface area contributed by atoms with Gasteiger partial charge in [-0.2, -0.15) is 23.5 Å². The van der Waals surface area contributed by atoms with Crippen LogP contribution < -0.4 is 0 Å². The zero-order valence-corrected chi connectivity index (χ0v) is 14.7. The van der Waals surface area contributed by atoms with Crippen molar-refractivity contribution in [3.63, 3.8) is 0 Å². The van der Waals surface area contributed by atoms with Crippen molar-refractivity contribution < 1.29 is 9.90 Å². The molecule has 1 N–H and O–H groups in total. The quantitative estimate of drug-likeness (QED) is 0.383. The molecule has 0 fully saturated rings. The first kappa shape index (κ1) is 20.2. The number of rotatable bonds is 16. The molecule has 0 aliphatic rings. The van der Waals surface area contributed by atoms with Crippen LogP contribution in [0, 0.1) is 0 Å². The van der Waals surface area contributed by atoms with Gasteiger partial charge in [0.2, 0.25) is 0 Å². The van der Waals surface area contributed by atoms with E-state index >= 15 is 0 Å². The molecule has 20 heavy (non-hydrogen) atoms. The average molecular weight is 321 g/mol. The third-order valence-corrected chi connectivity index (χ3v) is 5.38. The number of unbranched alkanes of at least 4 members (excludes halogenated alkanes) is 8. The van der Waals surface area contributed by atoms with Crippen molar-refractivity contribution in [3.05, 3.63) is 0 Å². The highest BCUT2D eigenvalue weighted by molar-refractivity contribution is 7.99. The lowest BCUT2D eigenvalue weighted by atomic mass is 10.1. The predicted molar refractivity (Wildman–Crippen MR) is 94.1 cm³/mol. The number of carbonyl (C=O) groups is 1. The van der Waals surface area contributed by atoms with Gasteiger partial charge in [0.15, 0.2) is 0 Å². The van der Waals surface area contributed by atoms with Gasteiger partial charge in [-0.15, -0.1) is 0 Å². The molecule has 0 heterocycles. The topological polar surface area (TPSA) is 37.3 Å². The van der Waals surface area contributed by atoms with Gasteiger partial charge in [-0.3, -0.25) is 4.79 Å². The first-order valence-corrected chi connectivity index (χ1v) is 10.5. The summed E-state index contributed by atoms with van der Waals surface area (Å²) in [5.74, 6) is 3.20. The second-order valence-electron chi connectivity index (χ2n) is 5.24. The Morgan fingerprint density at radius 2 is 1.20 bits per heavy atom. The highest BCUT2D eigenvalue weighted by atomic mass is 32.2. The van der Waals surface area contributed by atoms with E-state index in [1.807, 2.05) is 0 Å².